The zero-order valence-corrected chi connectivity index (χ0v) is 8.34. The Hall–Kier alpha value is -0.420. The number of aryl methyl sites for hydroxylation is 1. The Morgan fingerprint density at radius 3 is 2.18 bits per heavy atom. The Labute approximate surface area is 70.0 Å². The van der Waals surface area contributed by atoms with Gasteiger partial charge in [-0.3, -0.25) is 0 Å². The first-order chi connectivity index (χ1) is 5.20. The molecular formula is C9H14FP. The summed E-state index contributed by atoms with van der Waals surface area (Å²) in [5, 5.41) is 0.634. The molecule has 0 amide bonds. The van der Waals surface area contributed by atoms with Crippen molar-refractivity contribution in [1.82, 2.24) is 0 Å². The average molecular weight is 172 g/mol. The van der Waals surface area contributed by atoms with Gasteiger partial charge in [0.15, 0.2) is 0 Å². The van der Waals surface area contributed by atoms with Crippen LogP contribution in [0.4, 0.5) is 4.39 Å². The summed E-state index contributed by atoms with van der Waals surface area (Å²) in [6.45, 7) is 5.94. The number of hydrogen-bond donors (Lipinski definition) is 0. The molecule has 0 aliphatic rings. The Kier molecular flexibility index (Phi) is 5.06. The third-order valence-electron chi connectivity index (χ3n) is 1.15. The summed E-state index contributed by atoms with van der Waals surface area (Å²) in [7, 11) is 2.35. The van der Waals surface area contributed by atoms with Gasteiger partial charge in [-0.1, -0.05) is 25.5 Å². The lowest BCUT2D eigenvalue weighted by Crippen LogP contribution is -1.96. The van der Waals surface area contributed by atoms with E-state index in [-0.39, 0.29) is 5.82 Å². The molecule has 2 heteroatoms. The molecule has 0 bridgehead atoms. The largest absolute Gasteiger partial charge is 0.206 e. The molecule has 1 unspecified atom stereocenters. The first kappa shape index (κ1) is 10.6. The van der Waals surface area contributed by atoms with Gasteiger partial charge in [0.05, 0.1) is 0 Å². The summed E-state index contributed by atoms with van der Waals surface area (Å²) in [5.74, 6) is -0.161. The number of rotatable bonds is 0. The SMILES string of the molecule is CC.Cc1ccc(F)c(P)c1. The molecule has 0 N–H and O–H groups in total. The minimum absolute atomic E-state index is 0.161. The molecule has 1 atom stereocenters. The number of halogens is 1. The van der Waals surface area contributed by atoms with Crippen LogP contribution in [0.3, 0.4) is 0 Å². The highest BCUT2D eigenvalue weighted by molar-refractivity contribution is 7.27. The highest BCUT2D eigenvalue weighted by Gasteiger charge is 1.93. The third-order valence-corrected chi connectivity index (χ3v) is 1.59. The van der Waals surface area contributed by atoms with Gasteiger partial charge in [0.1, 0.15) is 5.82 Å². The van der Waals surface area contributed by atoms with Crippen molar-refractivity contribution < 1.29 is 4.39 Å². The molecule has 0 radical (unpaired) electrons. The van der Waals surface area contributed by atoms with Crippen LogP contribution in [0.25, 0.3) is 0 Å². The van der Waals surface area contributed by atoms with E-state index in [0.717, 1.165) is 5.56 Å². The van der Waals surface area contributed by atoms with Gasteiger partial charge >= 0.3 is 0 Å². The molecule has 1 rings (SSSR count). The summed E-state index contributed by atoms with van der Waals surface area (Å²) < 4.78 is 12.5. The van der Waals surface area contributed by atoms with Crippen molar-refractivity contribution in [3.05, 3.63) is 29.6 Å². The summed E-state index contributed by atoms with van der Waals surface area (Å²) >= 11 is 0. The van der Waals surface area contributed by atoms with Crippen LogP contribution in [0, 0.1) is 12.7 Å². The van der Waals surface area contributed by atoms with Crippen LogP contribution in [-0.2, 0) is 0 Å². The van der Waals surface area contributed by atoms with Crippen LogP contribution in [0.15, 0.2) is 18.2 Å². The van der Waals surface area contributed by atoms with E-state index in [2.05, 4.69) is 9.24 Å². The van der Waals surface area contributed by atoms with Gasteiger partial charge in [-0.2, -0.15) is 0 Å². The molecule has 0 spiro atoms. The fourth-order valence-electron chi connectivity index (χ4n) is 0.663. The highest BCUT2D eigenvalue weighted by Crippen LogP contribution is 2.01. The highest BCUT2D eigenvalue weighted by atomic mass is 31.0. The lowest BCUT2D eigenvalue weighted by molar-refractivity contribution is 0.636. The van der Waals surface area contributed by atoms with Crippen molar-refractivity contribution >= 4 is 14.5 Å². The van der Waals surface area contributed by atoms with E-state index >= 15 is 0 Å². The maximum Gasteiger partial charge on any atom is 0.130 e. The molecule has 1 aromatic rings. The maximum absolute atomic E-state index is 12.5. The van der Waals surface area contributed by atoms with Gasteiger partial charge in [-0.15, -0.1) is 9.24 Å². The molecule has 0 saturated carbocycles. The van der Waals surface area contributed by atoms with Crippen LogP contribution in [0.5, 0.6) is 0 Å². The number of hydrogen-bond acceptors (Lipinski definition) is 0. The van der Waals surface area contributed by atoms with Crippen LogP contribution in [0.2, 0.25) is 0 Å². The quantitative estimate of drug-likeness (QED) is 0.528. The minimum atomic E-state index is -0.161. The zero-order valence-electron chi connectivity index (χ0n) is 7.19. The van der Waals surface area contributed by atoms with Gasteiger partial charge in [-0.05, 0) is 19.1 Å². The summed E-state index contributed by atoms with van der Waals surface area (Å²) in [6, 6.07) is 5.01. The molecule has 11 heavy (non-hydrogen) atoms. The van der Waals surface area contributed by atoms with E-state index in [9.17, 15) is 4.39 Å². The molecular weight excluding hydrogens is 158 g/mol. The van der Waals surface area contributed by atoms with Gasteiger partial charge in [0.25, 0.3) is 0 Å². The van der Waals surface area contributed by atoms with E-state index < -0.39 is 0 Å². The maximum atomic E-state index is 12.5. The molecule has 62 valence electrons. The standard InChI is InChI=1S/C7H8FP.C2H6/c1-5-2-3-6(8)7(9)4-5;1-2/h2-4H,9H2,1H3;1-2H3. The lowest BCUT2D eigenvalue weighted by Gasteiger charge is -1.94. The molecule has 0 aliphatic heterocycles. The molecule has 1 aromatic carbocycles. The Balaban J connectivity index is 0.000000461. The van der Waals surface area contributed by atoms with Crippen molar-refractivity contribution in [2.24, 2.45) is 0 Å². The normalized spacial score (nSPS) is 8.45. The molecule has 0 aromatic heterocycles. The second-order valence-corrected chi connectivity index (χ2v) is 2.65. The topological polar surface area (TPSA) is 0 Å². The third kappa shape index (κ3) is 3.48. The van der Waals surface area contributed by atoms with E-state index in [1.54, 1.807) is 12.1 Å². The van der Waals surface area contributed by atoms with Crippen molar-refractivity contribution in [3.63, 3.8) is 0 Å². The summed E-state index contributed by atoms with van der Waals surface area (Å²) in [5.41, 5.74) is 1.08. The second kappa shape index (κ2) is 5.26. The van der Waals surface area contributed by atoms with Crippen LogP contribution < -0.4 is 5.30 Å². The van der Waals surface area contributed by atoms with E-state index in [1.807, 2.05) is 20.8 Å². The lowest BCUT2D eigenvalue weighted by atomic mass is 10.2. The average Bonchev–Trinajstić information content (AvgIpc) is 2.02. The van der Waals surface area contributed by atoms with Crippen molar-refractivity contribution in [3.8, 4) is 0 Å². The van der Waals surface area contributed by atoms with Crippen molar-refractivity contribution in [2.75, 3.05) is 0 Å². The Morgan fingerprint density at radius 2 is 1.82 bits per heavy atom. The second-order valence-electron chi connectivity index (χ2n) is 2.02. The Morgan fingerprint density at radius 1 is 1.27 bits per heavy atom. The predicted molar refractivity (Wildman–Crippen MR) is 51.8 cm³/mol. The zero-order chi connectivity index (χ0) is 8.85. The molecule has 0 nitrogen and oxygen atoms in total. The molecule has 0 aliphatic carbocycles. The van der Waals surface area contributed by atoms with Gasteiger partial charge in [0.2, 0.25) is 0 Å². The van der Waals surface area contributed by atoms with Gasteiger partial charge in [-0.25, -0.2) is 4.39 Å². The van der Waals surface area contributed by atoms with Gasteiger partial charge in [0, 0.05) is 5.30 Å². The number of benzene rings is 1. The van der Waals surface area contributed by atoms with Crippen LogP contribution in [-0.4, -0.2) is 0 Å². The Bertz CT molecular complexity index is 221. The van der Waals surface area contributed by atoms with Crippen molar-refractivity contribution in [2.45, 2.75) is 20.8 Å². The van der Waals surface area contributed by atoms with E-state index in [4.69, 9.17) is 0 Å². The predicted octanol–water partition coefficient (Wildman–Crippen LogP) is 2.66. The first-order valence-electron chi connectivity index (χ1n) is 3.72. The fourth-order valence-corrected chi connectivity index (χ4v) is 1.02. The fraction of sp³-hybridized carbons (Fsp3) is 0.333. The first-order valence-corrected chi connectivity index (χ1v) is 4.29. The smallest absolute Gasteiger partial charge is 0.130 e. The van der Waals surface area contributed by atoms with Crippen LogP contribution >= 0.6 is 9.24 Å². The molecule has 0 heterocycles. The monoisotopic (exact) mass is 172 g/mol. The van der Waals surface area contributed by atoms with E-state index in [0.29, 0.717) is 5.30 Å². The van der Waals surface area contributed by atoms with Crippen molar-refractivity contribution in [1.29, 1.82) is 0 Å². The van der Waals surface area contributed by atoms with E-state index in [1.165, 1.54) is 6.07 Å². The summed E-state index contributed by atoms with van der Waals surface area (Å²) in [6.07, 6.45) is 0. The molecule has 0 fully saturated rings. The minimum Gasteiger partial charge on any atom is -0.206 e. The molecule has 0 saturated heterocycles. The van der Waals surface area contributed by atoms with Gasteiger partial charge < -0.3 is 0 Å². The van der Waals surface area contributed by atoms with Crippen LogP contribution in [0.1, 0.15) is 19.4 Å². The summed E-state index contributed by atoms with van der Waals surface area (Å²) in [4.78, 5) is 0.